The molecule has 0 saturated carbocycles. The van der Waals surface area contributed by atoms with Gasteiger partial charge in [-0.1, -0.05) is 73.7 Å². The highest BCUT2D eigenvalue weighted by Crippen LogP contribution is 2.65. The third-order valence-corrected chi connectivity index (χ3v) is 15.2. The Morgan fingerprint density at radius 3 is 1.55 bits per heavy atom. The summed E-state index contributed by atoms with van der Waals surface area (Å²) in [5.41, 5.74) is 0. The summed E-state index contributed by atoms with van der Waals surface area (Å²) >= 11 is 17.0. The smallest absolute Gasteiger partial charge is 0.0717 e. The van der Waals surface area contributed by atoms with E-state index in [0.29, 0.717) is 0 Å². The highest BCUT2D eigenvalue weighted by atomic mass is 127. The van der Waals surface area contributed by atoms with E-state index in [9.17, 15) is 0 Å². The van der Waals surface area contributed by atoms with E-state index < -0.39 is 0 Å². The third-order valence-electron chi connectivity index (χ3n) is 2.69. The van der Waals surface area contributed by atoms with Crippen molar-refractivity contribution in [3.8, 4) is 0 Å². The summed E-state index contributed by atoms with van der Waals surface area (Å²) in [6.45, 7) is 4.55. The zero-order valence-electron chi connectivity index (χ0n) is 12.4. The van der Waals surface area contributed by atoms with Crippen LogP contribution in [-0.4, -0.2) is 11.5 Å². The van der Waals surface area contributed by atoms with Crippen LogP contribution in [-0.2, 0) is 0 Å². The van der Waals surface area contributed by atoms with Crippen molar-refractivity contribution in [3.63, 3.8) is 0 Å². The Balaban J connectivity index is 2.01. The zero-order chi connectivity index (χ0) is 15.9. The Morgan fingerprint density at radius 2 is 1.14 bits per heavy atom. The van der Waals surface area contributed by atoms with E-state index in [2.05, 4.69) is 82.6 Å². The second-order valence-electron chi connectivity index (χ2n) is 4.51. The van der Waals surface area contributed by atoms with Gasteiger partial charge in [0.1, 0.15) is 0 Å². The third kappa shape index (κ3) is 6.50. The molecule has 0 saturated heterocycles. The first-order chi connectivity index (χ1) is 10.7. The largest absolute Gasteiger partial charge is 0.117 e. The SMILES string of the molecule is CCCCSC1=C(SCCCC)SC(=C2SC(I)=C(I)S2)S1. The highest BCUT2D eigenvalue weighted by Gasteiger charge is 2.28. The number of thioether (sulfide) groups is 6. The molecule has 0 N–H and O–H groups in total. The van der Waals surface area contributed by atoms with E-state index in [1.807, 2.05) is 47.0 Å². The van der Waals surface area contributed by atoms with Crippen LogP contribution in [0, 0.1) is 0 Å². The van der Waals surface area contributed by atoms with Crippen molar-refractivity contribution in [1.82, 2.24) is 0 Å². The zero-order valence-corrected chi connectivity index (χ0v) is 21.7. The maximum Gasteiger partial charge on any atom is 0.0717 e. The Hall–Kier alpha value is 2.78. The molecule has 0 nitrogen and oxygen atoms in total. The Morgan fingerprint density at radius 1 is 0.727 bits per heavy atom. The van der Waals surface area contributed by atoms with Crippen LogP contribution < -0.4 is 0 Å². The molecule has 0 amide bonds. The first kappa shape index (κ1) is 21.1. The van der Waals surface area contributed by atoms with Gasteiger partial charge in [-0.05, 0) is 69.5 Å². The molecule has 124 valence electrons. The Kier molecular flexibility index (Phi) is 11.0. The van der Waals surface area contributed by atoms with E-state index in [-0.39, 0.29) is 0 Å². The van der Waals surface area contributed by atoms with Crippen molar-refractivity contribution in [1.29, 1.82) is 0 Å². The predicted octanol–water partition coefficient (Wildman–Crippen LogP) is 9.26. The molecular weight excluding hydrogens is 614 g/mol. The standard InChI is InChI=1S/C14H18I2S6/c1-3-5-7-17-11-12(18-8-6-4-2)22-14(21-11)13-19-9(15)10(16)20-13/h3-8H2,1-2H3. The molecule has 0 spiro atoms. The summed E-state index contributed by atoms with van der Waals surface area (Å²) in [5, 5.41) is 0. The average molecular weight is 633 g/mol. The fourth-order valence-electron chi connectivity index (χ4n) is 1.50. The lowest BCUT2D eigenvalue weighted by molar-refractivity contribution is 0.897. The summed E-state index contributed by atoms with van der Waals surface area (Å²) in [7, 11) is 0. The number of rotatable bonds is 8. The summed E-state index contributed by atoms with van der Waals surface area (Å²) in [4.78, 5) is 0. The lowest BCUT2D eigenvalue weighted by atomic mass is 10.4. The molecule has 0 radical (unpaired) electrons. The van der Waals surface area contributed by atoms with Crippen molar-refractivity contribution < 1.29 is 0 Å². The van der Waals surface area contributed by atoms with Gasteiger partial charge in [-0.2, -0.15) is 0 Å². The minimum absolute atomic E-state index is 1.26. The van der Waals surface area contributed by atoms with Gasteiger partial charge in [0.25, 0.3) is 0 Å². The van der Waals surface area contributed by atoms with E-state index in [1.54, 1.807) is 8.47 Å². The molecule has 0 atom stereocenters. The lowest BCUT2D eigenvalue weighted by Crippen LogP contribution is -1.80. The summed E-state index contributed by atoms with van der Waals surface area (Å²) in [5.74, 6) is 2.51. The van der Waals surface area contributed by atoms with Crippen molar-refractivity contribution >= 4 is 116 Å². The van der Waals surface area contributed by atoms with Crippen molar-refractivity contribution in [2.45, 2.75) is 39.5 Å². The molecule has 0 aromatic carbocycles. The lowest BCUT2D eigenvalue weighted by Gasteiger charge is -2.03. The number of hydrogen-bond acceptors (Lipinski definition) is 6. The van der Waals surface area contributed by atoms with Gasteiger partial charge in [0.2, 0.25) is 0 Å². The molecule has 0 aromatic rings. The quantitative estimate of drug-likeness (QED) is 0.192. The summed E-state index contributed by atoms with van der Waals surface area (Å²) in [6.07, 6.45) is 5.21. The predicted molar refractivity (Wildman–Crippen MR) is 134 cm³/mol. The van der Waals surface area contributed by atoms with Crippen molar-refractivity contribution in [2.24, 2.45) is 0 Å². The van der Waals surface area contributed by atoms with Gasteiger partial charge in [0, 0.05) is 0 Å². The fourth-order valence-corrected chi connectivity index (χ4v) is 12.8. The summed E-state index contributed by atoms with van der Waals surface area (Å²) < 4.78 is 8.97. The number of halogens is 2. The number of unbranched alkanes of at least 4 members (excludes halogenated alkanes) is 2. The molecule has 2 rings (SSSR count). The van der Waals surface area contributed by atoms with Gasteiger partial charge in [-0.15, -0.1) is 23.5 Å². The van der Waals surface area contributed by atoms with Crippen LogP contribution in [0.2, 0.25) is 0 Å². The average Bonchev–Trinajstić information content (AvgIpc) is 3.04. The van der Waals surface area contributed by atoms with E-state index in [1.165, 1.54) is 51.5 Å². The second-order valence-corrected chi connectivity index (χ2v) is 15.5. The molecule has 0 bridgehead atoms. The van der Waals surface area contributed by atoms with Gasteiger partial charge in [-0.25, -0.2) is 0 Å². The monoisotopic (exact) mass is 632 g/mol. The van der Waals surface area contributed by atoms with Gasteiger partial charge in [-0.3, -0.25) is 0 Å². The van der Waals surface area contributed by atoms with Crippen LogP contribution in [0.25, 0.3) is 0 Å². The molecule has 22 heavy (non-hydrogen) atoms. The number of hydrogen-bond donors (Lipinski definition) is 0. The summed E-state index contributed by atoms with van der Waals surface area (Å²) in [6, 6.07) is 0. The highest BCUT2D eigenvalue weighted by molar-refractivity contribution is 14.1. The van der Waals surface area contributed by atoms with Crippen LogP contribution in [0.15, 0.2) is 22.8 Å². The first-order valence-corrected chi connectivity index (χ1v) is 14.6. The minimum atomic E-state index is 1.26. The Bertz CT molecular complexity index is 458. The van der Waals surface area contributed by atoms with E-state index >= 15 is 0 Å². The maximum atomic E-state index is 2.46. The molecule has 0 aliphatic carbocycles. The first-order valence-electron chi connectivity index (χ1n) is 7.16. The van der Waals surface area contributed by atoms with E-state index in [0.717, 1.165) is 0 Å². The van der Waals surface area contributed by atoms with Gasteiger partial charge >= 0.3 is 0 Å². The second kappa shape index (κ2) is 11.5. The molecule has 8 heteroatoms. The molecular formula is C14H18I2S6. The molecule has 0 aromatic heterocycles. The maximum absolute atomic E-state index is 2.46. The van der Waals surface area contributed by atoms with E-state index in [4.69, 9.17) is 0 Å². The Labute approximate surface area is 187 Å². The van der Waals surface area contributed by atoms with Gasteiger partial charge in [0.05, 0.1) is 22.8 Å². The molecule has 2 aliphatic rings. The van der Waals surface area contributed by atoms with Crippen LogP contribution in [0.5, 0.6) is 0 Å². The van der Waals surface area contributed by atoms with Crippen molar-refractivity contribution in [2.75, 3.05) is 11.5 Å². The van der Waals surface area contributed by atoms with Crippen LogP contribution in [0.3, 0.4) is 0 Å². The molecule has 0 unspecified atom stereocenters. The topological polar surface area (TPSA) is 0 Å². The normalized spacial score (nSPS) is 19.1. The fraction of sp³-hybridized carbons (Fsp3) is 0.571. The molecule has 2 aliphatic heterocycles. The van der Waals surface area contributed by atoms with Gasteiger partial charge in [0.15, 0.2) is 0 Å². The van der Waals surface area contributed by atoms with Crippen molar-refractivity contribution in [3.05, 3.63) is 22.8 Å². The van der Waals surface area contributed by atoms with Crippen LogP contribution in [0.1, 0.15) is 39.5 Å². The molecule has 0 fully saturated rings. The molecule has 2 heterocycles. The van der Waals surface area contributed by atoms with Crippen LogP contribution >= 0.6 is 116 Å². The van der Waals surface area contributed by atoms with Gasteiger partial charge < -0.3 is 0 Å². The minimum Gasteiger partial charge on any atom is -0.117 e. The van der Waals surface area contributed by atoms with Crippen LogP contribution in [0.4, 0.5) is 0 Å².